The molecule has 1 heterocycles. The first-order valence-electron chi connectivity index (χ1n) is 7.98. The van der Waals surface area contributed by atoms with Gasteiger partial charge in [-0.15, -0.1) is 5.10 Å². The fraction of sp³-hybridized carbons (Fsp3) is 0.375. The van der Waals surface area contributed by atoms with Gasteiger partial charge in [0.15, 0.2) is 0 Å². The number of amides is 2. The first-order chi connectivity index (χ1) is 12.1. The highest BCUT2D eigenvalue weighted by molar-refractivity contribution is 7.46. The van der Waals surface area contributed by atoms with E-state index in [9.17, 15) is 9.59 Å². The summed E-state index contributed by atoms with van der Waals surface area (Å²) in [6.45, 7) is 3.50. The van der Waals surface area contributed by atoms with E-state index in [1.807, 2.05) is 25.2 Å². The maximum Gasteiger partial charge on any atom is 0.251 e. The van der Waals surface area contributed by atoms with Gasteiger partial charge in [0.1, 0.15) is 6.54 Å². The summed E-state index contributed by atoms with van der Waals surface area (Å²) >= 11 is 0. The molecular formula is C16H23N6O2P. The van der Waals surface area contributed by atoms with Crippen LogP contribution < -0.4 is 21.3 Å². The third-order valence-electron chi connectivity index (χ3n) is 3.40. The van der Waals surface area contributed by atoms with Crippen LogP contribution in [0.4, 0.5) is 0 Å². The third-order valence-corrected chi connectivity index (χ3v) is 4.28. The van der Waals surface area contributed by atoms with E-state index in [-0.39, 0.29) is 18.4 Å². The summed E-state index contributed by atoms with van der Waals surface area (Å²) in [5, 5.41) is 17.5. The lowest BCUT2D eigenvalue weighted by molar-refractivity contribution is -0.121. The van der Waals surface area contributed by atoms with Crippen LogP contribution in [0.2, 0.25) is 0 Å². The second kappa shape index (κ2) is 9.86. The van der Waals surface area contributed by atoms with E-state index in [0.29, 0.717) is 33.8 Å². The number of aromatic nitrogens is 3. The number of benzene rings is 1. The molecule has 0 radical (unpaired) electrons. The van der Waals surface area contributed by atoms with Crippen LogP contribution in [-0.4, -0.2) is 53.6 Å². The van der Waals surface area contributed by atoms with Crippen LogP contribution in [0.1, 0.15) is 16.1 Å². The average molecular weight is 362 g/mol. The smallest absolute Gasteiger partial charge is 0.251 e. The lowest BCUT2D eigenvalue weighted by Gasteiger charge is -2.08. The summed E-state index contributed by atoms with van der Waals surface area (Å²) in [6, 6.07) is 7.55. The standard InChI is InChI=1S/C16H23N6O2P/c1-17-9-13-10-22(21-20-13)11-15(23)18-6-7-19-16(24)12-4-3-5-14(8-12)25-2/h3-5,8,10,17,25H,6-7,9,11H2,1-2H3,(H,18,23)(H,19,24). The molecule has 0 saturated carbocycles. The summed E-state index contributed by atoms with van der Waals surface area (Å²) in [4.78, 5) is 23.9. The van der Waals surface area contributed by atoms with E-state index in [4.69, 9.17) is 0 Å². The Labute approximate surface area is 148 Å². The van der Waals surface area contributed by atoms with Gasteiger partial charge in [0.25, 0.3) is 5.91 Å². The van der Waals surface area contributed by atoms with Crippen molar-refractivity contribution in [1.29, 1.82) is 0 Å². The van der Waals surface area contributed by atoms with Gasteiger partial charge in [-0.3, -0.25) is 9.59 Å². The van der Waals surface area contributed by atoms with Gasteiger partial charge in [0, 0.05) is 25.2 Å². The highest BCUT2D eigenvalue weighted by Gasteiger charge is 2.07. The summed E-state index contributed by atoms with van der Waals surface area (Å²) in [7, 11) is 2.47. The molecule has 0 aliphatic heterocycles. The van der Waals surface area contributed by atoms with Crippen LogP contribution in [-0.2, 0) is 17.9 Å². The van der Waals surface area contributed by atoms with Gasteiger partial charge in [-0.25, -0.2) is 4.68 Å². The van der Waals surface area contributed by atoms with E-state index < -0.39 is 0 Å². The molecule has 8 nitrogen and oxygen atoms in total. The summed E-state index contributed by atoms with van der Waals surface area (Å²) in [5.41, 5.74) is 1.41. The Bertz CT molecular complexity index is 718. The topological polar surface area (TPSA) is 101 Å². The Balaban J connectivity index is 1.69. The number of carbonyl (C=O) groups excluding carboxylic acids is 2. The number of carbonyl (C=O) groups is 2. The molecule has 1 atom stereocenters. The lowest BCUT2D eigenvalue weighted by atomic mass is 10.2. The van der Waals surface area contributed by atoms with Gasteiger partial charge in [-0.2, -0.15) is 0 Å². The zero-order valence-electron chi connectivity index (χ0n) is 14.4. The molecule has 1 aromatic heterocycles. The predicted octanol–water partition coefficient (Wildman–Crippen LogP) is -0.523. The molecular weight excluding hydrogens is 339 g/mol. The first-order valence-corrected chi connectivity index (χ1v) is 9.48. The molecule has 0 aliphatic carbocycles. The van der Waals surface area contributed by atoms with Crippen molar-refractivity contribution in [2.24, 2.45) is 0 Å². The molecule has 25 heavy (non-hydrogen) atoms. The molecule has 0 fully saturated rings. The van der Waals surface area contributed by atoms with E-state index >= 15 is 0 Å². The molecule has 2 aromatic rings. The highest BCUT2D eigenvalue weighted by Crippen LogP contribution is 2.06. The summed E-state index contributed by atoms with van der Waals surface area (Å²) in [6.07, 6.45) is 1.72. The molecule has 1 unspecified atom stereocenters. The van der Waals surface area contributed by atoms with E-state index in [1.165, 1.54) is 4.68 Å². The van der Waals surface area contributed by atoms with Gasteiger partial charge in [-0.1, -0.05) is 25.9 Å². The largest absolute Gasteiger partial charge is 0.353 e. The monoisotopic (exact) mass is 362 g/mol. The second-order valence-corrected chi connectivity index (χ2v) is 6.45. The third kappa shape index (κ3) is 6.25. The Morgan fingerprint density at radius 1 is 1.24 bits per heavy atom. The molecule has 0 bridgehead atoms. The maximum absolute atomic E-state index is 12.1. The number of hydrogen-bond acceptors (Lipinski definition) is 5. The van der Waals surface area contributed by atoms with Gasteiger partial charge < -0.3 is 16.0 Å². The molecule has 0 aliphatic rings. The average Bonchev–Trinajstić information content (AvgIpc) is 3.05. The van der Waals surface area contributed by atoms with E-state index in [0.717, 1.165) is 11.0 Å². The zero-order chi connectivity index (χ0) is 18.1. The number of rotatable bonds is 9. The second-order valence-electron chi connectivity index (χ2n) is 5.37. The van der Waals surface area contributed by atoms with Crippen molar-refractivity contribution in [1.82, 2.24) is 30.9 Å². The van der Waals surface area contributed by atoms with Crippen molar-refractivity contribution in [2.45, 2.75) is 13.1 Å². The molecule has 9 heteroatoms. The van der Waals surface area contributed by atoms with Crippen LogP contribution in [0.25, 0.3) is 0 Å². The minimum atomic E-state index is -0.177. The van der Waals surface area contributed by atoms with Crippen molar-refractivity contribution < 1.29 is 9.59 Å². The van der Waals surface area contributed by atoms with Gasteiger partial charge >= 0.3 is 0 Å². The van der Waals surface area contributed by atoms with Crippen molar-refractivity contribution >= 4 is 25.7 Å². The first kappa shape index (κ1) is 19.0. The van der Waals surface area contributed by atoms with Crippen LogP contribution >= 0.6 is 8.58 Å². The molecule has 0 spiro atoms. The Morgan fingerprint density at radius 2 is 2.04 bits per heavy atom. The van der Waals surface area contributed by atoms with Crippen LogP contribution in [0.3, 0.4) is 0 Å². The van der Waals surface area contributed by atoms with Crippen LogP contribution in [0.5, 0.6) is 0 Å². The van der Waals surface area contributed by atoms with E-state index in [2.05, 4.69) is 32.9 Å². The highest BCUT2D eigenvalue weighted by atomic mass is 31.1. The molecule has 2 amide bonds. The van der Waals surface area contributed by atoms with Crippen molar-refractivity contribution in [2.75, 3.05) is 26.8 Å². The summed E-state index contributed by atoms with van der Waals surface area (Å²) in [5.74, 6) is -0.313. The lowest BCUT2D eigenvalue weighted by Crippen LogP contribution is -2.36. The van der Waals surface area contributed by atoms with Crippen molar-refractivity contribution in [3.8, 4) is 0 Å². The van der Waals surface area contributed by atoms with Crippen molar-refractivity contribution in [3.63, 3.8) is 0 Å². The van der Waals surface area contributed by atoms with Gasteiger partial charge in [0.05, 0.1) is 11.9 Å². The number of hydrogen-bond donors (Lipinski definition) is 3. The molecule has 3 N–H and O–H groups in total. The predicted molar refractivity (Wildman–Crippen MR) is 98.4 cm³/mol. The molecule has 0 saturated heterocycles. The van der Waals surface area contributed by atoms with Crippen molar-refractivity contribution in [3.05, 3.63) is 41.7 Å². The number of nitrogens with one attached hydrogen (secondary N) is 3. The normalized spacial score (nSPS) is 11.0. The molecule has 134 valence electrons. The molecule has 1 aromatic carbocycles. The Morgan fingerprint density at radius 3 is 2.80 bits per heavy atom. The van der Waals surface area contributed by atoms with E-state index in [1.54, 1.807) is 12.3 Å². The Hall–Kier alpha value is -2.31. The fourth-order valence-electron chi connectivity index (χ4n) is 2.18. The SMILES string of the molecule is CNCc1cn(CC(=O)NCCNC(=O)c2cccc(PC)c2)nn1. The minimum Gasteiger partial charge on any atom is -0.353 e. The van der Waals surface area contributed by atoms with Crippen LogP contribution in [0, 0.1) is 0 Å². The Kier molecular flexibility index (Phi) is 7.50. The van der Waals surface area contributed by atoms with Crippen LogP contribution in [0.15, 0.2) is 30.5 Å². The van der Waals surface area contributed by atoms with Gasteiger partial charge in [-0.05, 0) is 31.1 Å². The fourth-order valence-corrected chi connectivity index (χ4v) is 2.74. The maximum atomic E-state index is 12.1. The zero-order valence-corrected chi connectivity index (χ0v) is 15.4. The quantitative estimate of drug-likeness (QED) is 0.412. The number of nitrogens with zero attached hydrogens (tertiary/aromatic N) is 3. The summed E-state index contributed by atoms with van der Waals surface area (Å²) < 4.78 is 1.48. The molecule has 2 rings (SSSR count). The van der Waals surface area contributed by atoms with Gasteiger partial charge in [0.2, 0.25) is 5.91 Å². The minimum absolute atomic E-state index is 0.101.